The Kier molecular flexibility index (Phi) is 3.78. The van der Waals surface area contributed by atoms with Gasteiger partial charge in [-0.1, -0.05) is 0 Å². The van der Waals surface area contributed by atoms with Crippen LogP contribution in [-0.4, -0.2) is 19.5 Å². The molecule has 2 aromatic rings. The summed E-state index contributed by atoms with van der Waals surface area (Å²) in [5, 5.41) is 0. The van der Waals surface area contributed by atoms with E-state index in [9.17, 15) is 0 Å². The third-order valence-corrected chi connectivity index (χ3v) is 4.94. The Morgan fingerprint density at radius 1 is 1.33 bits per heavy atom. The zero-order valence-electron chi connectivity index (χ0n) is 7.36. The summed E-state index contributed by atoms with van der Waals surface area (Å²) >= 11 is 10.2. The van der Waals surface area contributed by atoms with Gasteiger partial charge in [0.05, 0.1) is 5.88 Å². The van der Waals surface area contributed by atoms with Gasteiger partial charge in [0, 0.05) is 11.8 Å². The lowest BCUT2D eigenvalue weighted by atomic mass is 10.3. The van der Waals surface area contributed by atoms with E-state index in [0.717, 1.165) is 18.8 Å². The molecule has 2 aromatic heterocycles. The van der Waals surface area contributed by atoms with Gasteiger partial charge in [0.15, 0.2) is 0 Å². The van der Waals surface area contributed by atoms with Gasteiger partial charge in [0.2, 0.25) is 0 Å². The fourth-order valence-corrected chi connectivity index (χ4v) is 2.19. The standard InChI is InChI=1S/C8H5ClI2N4/c9-1-5-2-12-3-13-8(5)15-4-14-6(10)7(15)11/h2-4H,1H2. The molecule has 0 aliphatic rings. The number of halogens is 3. The van der Waals surface area contributed by atoms with Crippen LogP contribution in [0.2, 0.25) is 0 Å². The molecule has 0 bridgehead atoms. The molecule has 0 fully saturated rings. The molecular weight excluding hydrogens is 441 g/mol. The van der Waals surface area contributed by atoms with E-state index in [0.29, 0.717) is 5.88 Å². The predicted molar refractivity (Wildman–Crippen MR) is 74.1 cm³/mol. The maximum Gasteiger partial charge on any atom is 0.146 e. The molecule has 0 saturated heterocycles. The van der Waals surface area contributed by atoms with Crippen molar-refractivity contribution in [2.75, 3.05) is 0 Å². The first-order chi connectivity index (χ1) is 7.24. The first kappa shape index (κ1) is 11.5. The van der Waals surface area contributed by atoms with Crippen LogP contribution in [0.4, 0.5) is 0 Å². The van der Waals surface area contributed by atoms with Gasteiger partial charge in [0.1, 0.15) is 25.9 Å². The van der Waals surface area contributed by atoms with Gasteiger partial charge in [-0.25, -0.2) is 15.0 Å². The minimum Gasteiger partial charge on any atom is -0.277 e. The summed E-state index contributed by atoms with van der Waals surface area (Å²) < 4.78 is 3.88. The molecule has 15 heavy (non-hydrogen) atoms. The number of nitrogens with zero attached hydrogens (tertiary/aromatic N) is 4. The number of alkyl halides is 1. The Bertz CT molecular complexity index is 485. The highest BCUT2D eigenvalue weighted by Gasteiger charge is 2.11. The molecule has 0 aliphatic carbocycles. The molecule has 0 N–H and O–H groups in total. The summed E-state index contributed by atoms with van der Waals surface area (Å²) in [6.07, 6.45) is 4.97. The van der Waals surface area contributed by atoms with Crippen molar-refractivity contribution in [3.05, 3.63) is 31.8 Å². The molecular formula is C8H5ClI2N4. The van der Waals surface area contributed by atoms with Gasteiger partial charge in [-0.15, -0.1) is 11.6 Å². The van der Waals surface area contributed by atoms with E-state index in [-0.39, 0.29) is 0 Å². The normalized spacial score (nSPS) is 10.6. The van der Waals surface area contributed by atoms with Gasteiger partial charge < -0.3 is 0 Å². The summed E-state index contributed by atoms with van der Waals surface area (Å²) in [6, 6.07) is 0. The third kappa shape index (κ3) is 2.26. The number of hydrogen-bond acceptors (Lipinski definition) is 3. The van der Waals surface area contributed by atoms with Crippen LogP contribution in [0.25, 0.3) is 5.82 Å². The van der Waals surface area contributed by atoms with Crippen molar-refractivity contribution in [2.24, 2.45) is 0 Å². The van der Waals surface area contributed by atoms with Crippen LogP contribution in [0.15, 0.2) is 18.9 Å². The second-order valence-electron chi connectivity index (χ2n) is 2.70. The van der Waals surface area contributed by atoms with Crippen LogP contribution in [0.1, 0.15) is 5.56 Å². The van der Waals surface area contributed by atoms with Crippen LogP contribution in [0.3, 0.4) is 0 Å². The first-order valence-electron chi connectivity index (χ1n) is 3.97. The van der Waals surface area contributed by atoms with Crippen molar-refractivity contribution in [3.63, 3.8) is 0 Å². The lowest BCUT2D eigenvalue weighted by molar-refractivity contribution is 0.927. The highest BCUT2D eigenvalue weighted by atomic mass is 127. The first-order valence-corrected chi connectivity index (χ1v) is 6.66. The fraction of sp³-hybridized carbons (Fsp3) is 0.125. The molecule has 2 heterocycles. The van der Waals surface area contributed by atoms with Crippen LogP contribution in [-0.2, 0) is 5.88 Å². The highest BCUT2D eigenvalue weighted by Crippen LogP contribution is 2.19. The maximum absolute atomic E-state index is 5.82. The topological polar surface area (TPSA) is 43.6 Å². The average Bonchev–Trinajstić information content (AvgIpc) is 2.60. The van der Waals surface area contributed by atoms with Crippen molar-refractivity contribution in [1.29, 1.82) is 0 Å². The minimum atomic E-state index is 0.390. The third-order valence-electron chi connectivity index (χ3n) is 1.80. The second-order valence-corrected chi connectivity index (χ2v) is 5.01. The summed E-state index contributed by atoms with van der Waals surface area (Å²) in [4.78, 5) is 12.4. The van der Waals surface area contributed by atoms with E-state index in [1.54, 1.807) is 12.5 Å². The van der Waals surface area contributed by atoms with Gasteiger partial charge in [-0.2, -0.15) is 0 Å². The van der Waals surface area contributed by atoms with E-state index < -0.39 is 0 Å². The Morgan fingerprint density at radius 2 is 2.13 bits per heavy atom. The lowest BCUT2D eigenvalue weighted by Gasteiger charge is -2.06. The number of aromatic nitrogens is 4. The van der Waals surface area contributed by atoms with Crippen molar-refractivity contribution in [2.45, 2.75) is 5.88 Å². The van der Waals surface area contributed by atoms with Crippen molar-refractivity contribution >= 4 is 56.8 Å². The largest absolute Gasteiger partial charge is 0.277 e. The fourth-order valence-electron chi connectivity index (χ4n) is 1.12. The molecule has 0 aromatic carbocycles. The van der Waals surface area contributed by atoms with E-state index in [1.807, 2.05) is 4.57 Å². The molecule has 7 heteroatoms. The lowest BCUT2D eigenvalue weighted by Crippen LogP contribution is -2.03. The van der Waals surface area contributed by atoms with E-state index >= 15 is 0 Å². The predicted octanol–water partition coefficient (Wildman–Crippen LogP) is 2.61. The van der Waals surface area contributed by atoms with Gasteiger partial charge in [-0.05, 0) is 45.2 Å². The maximum atomic E-state index is 5.82. The molecule has 0 aliphatic heterocycles. The van der Waals surface area contributed by atoms with Crippen molar-refractivity contribution < 1.29 is 0 Å². The molecule has 78 valence electrons. The Labute approximate surface area is 119 Å². The highest BCUT2D eigenvalue weighted by molar-refractivity contribution is 14.1. The average molecular weight is 446 g/mol. The molecule has 2 rings (SSSR count). The van der Waals surface area contributed by atoms with Crippen LogP contribution < -0.4 is 0 Å². The van der Waals surface area contributed by atoms with E-state index in [2.05, 4.69) is 60.1 Å². The number of imidazole rings is 1. The second kappa shape index (κ2) is 4.91. The van der Waals surface area contributed by atoms with Gasteiger partial charge in [-0.3, -0.25) is 4.57 Å². The molecule has 0 atom stereocenters. The summed E-state index contributed by atoms with van der Waals surface area (Å²) in [6.45, 7) is 0. The monoisotopic (exact) mass is 446 g/mol. The zero-order valence-corrected chi connectivity index (χ0v) is 12.4. The quantitative estimate of drug-likeness (QED) is 0.526. The molecule has 4 nitrogen and oxygen atoms in total. The summed E-state index contributed by atoms with van der Waals surface area (Å²) in [5.74, 6) is 1.18. The Hall–Kier alpha value is 0.0400. The van der Waals surface area contributed by atoms with Crippen LogP contribution in [0.5, 0.6) is 0 Å². The summed E-state index contributed by atoms with van der Waals surface area (Å²) in [7, 11) is 0. The van der Waals surface area contributed by atoms with Crippen LogP contribution in [0, 0.1) is 7.40 Å². The van der Waals surface area contributed by atoms with Crippen LogP contribution >= 0.6 is 56.8 Å². The molecule has 0 amide bonds. The zero-order chi connectivity index (χ0) is 10.8. The van der Waals surface area contributed by atoms with E-state index in [1.165, 1.54) is 6.33 Å². The summed E-state index contributed by atoms with van der Waals surface area (Å²) in [5.41, 5.74) is 0.894. The molecule has 0 unspecified atom stereocenters. The molecule has 0 spiro atoms. The van der Waals surface area contributed by atoms with E-state index in [4.69, 9.17) is 11.6 Å². The number of rotatable bonds is 2. The van der Waals surface area contributed by atoms with Gasteiger partial charge in [0.25, 0.3) is 0 Å². The molecule has 0 radical (unpaired) electrons. The van der Waals surface area contributed by atoms with Crippen molar-refractivity contribution in [3.8, 4) is 5.82 Å². The minimum absolute atomic E-state index is 0.390. The Balaban J connectivity index is 2.58. The SMILES string of the molecule is ClCc1cncnc1-n1cnc(I)c1I. The smallest absolute Gasteiger partial charge is 0.146 e. The van der Waals surface area contributed by atoms with Gasteiger partial charge >= 0.3 is 0 Å². The van der Waals surface area contributed by atoms with Crippen molar-refractivity contribution in [1.82, 2.24) is 19.5 Å². The number of hydrogen-bond donors (Lipinski definition) is 0. The Morgan fingerprint density at radius 3 is 2.73 bits per heavy atom. The molecule has 0 saturated carbocycles.